The Labute approximate surface area is 168 Å². The van der Waals surface area contributed by atoms with Crippen LogP contribution >= 0.6 is 0 Å². The summed E-state index contributed by atoms with van der Waals surface area (Å²) in [5.74, 6) is 1.60. The van der Waals surface area contributed by atoms with E-state index in [1.54, 1.807) is 42.3 Å². The molecule has 0 unspecified atom stereocenters. The van der Waals surface area contributed by atoms with Crippen LogP contribution in [0.2, 0.25) is 0 Å². The molecule has 3 amide bonds. The van der Waals surface area contributed by atoms with Gasteiger partial charge in [-0.15, -0.1) is 0 Å². The maximum atomic E-state index is 12.8. The van der Waals surface area contributed by atoms with E-state index in [0.29, 0.717) is 54.8 Å². The van der Waals surface area contributed by atoms with Crippen LogP contribution in [0.3, 0.4) is 0 Å². The van der Waals surface area contributed by atoms with Gasteiger partial charge in [0.25, 0.3) is 0 Å². The average Bonchev–Trinajstić information content (AvgIpc) is 3.24. The number of anilines is 2. The molecule has 1 fully saturated rings. The van der Waals surface area contributed by atoms with Crippen molar-refractivity contribution in [2.75, 3.05) is 37.5 Å². The van der Waals surface area contributed by atoms with Crippen LogP contribution in [0.15, 0.2) is 42.5 Å². The highest BCUT2D eigenvalue weighted by Gasteiger charge is 2.34. The number of amides is 3. The van der Waals surface area contributed by atoms with E-state index >= 15 is 0 Å². The molecule has 0 spiro atoms. The van der Waals surface area contributed by atoms with Crippen LogP contribution < -0.4 is 24.8 Å². The fraction of sp³-hybridized carbons (Fsp3) is 0.333. The number of carbonyl (C=O) groups excluding carboxylic acids is 2. The van der Waals surface area contributed by atoms with Gasteiger partial charge in [-0.25, -0.2) is 4.79 Å². The van der Waals surface area contributed by atoms with Gasteiger partial charge in [0.1, 0.15) is 25.0 Å². The number of hydrogen-bond donors (Lipinski definition) is 2. The molecule has 1 saturated heterocycles. The molecule has 2 aromatic carbocycles. The molecule has 0 radical (unpaired) electrons. The van der Waals surface area contributed by atoms with E-state index in [4.69, 9.17) is 14.2 Å². The number of ether oxygens (including phenoxy) is 3. The Balaban J connectivity index is 1.43. The lowest BCUT2D eigenvalue weighted by Gasteiger charge is -2.25. The molecule has 29 heavy (non-hydrogen) atoms. The van der Waals surface area contributed by atoms with Crippen LogP contribution in [-0.2, 0) is 4.79 Å². The third-order valence-corrected chi connectivity index (χ3v) is 4.97. The second kappa shape index (κ2) is 8.30. The molecule has 2 heterocycles. The molecule has 2 aromatic rings. The lowest BCUT2D eigenvalue weighted by molar-refractivity contribution is -0.119. The van der Waals surface area contributed by atoms with Crippen LogP contribution in [0.5, 0.6) is 17.2 Å². The Morgan fingerprint density at radius 3 is 2.69 bits per heavy atom. The van der Waals surface area contributed by atoms with E-state index in [0.717, 1.165) is 6.42 Å². The Morgan fingerprint density at radius 1 is 1.07 bits per heavy atom. The molecule has 152 valence electrons. The van der Waals surface area contributed by atoms with Gasteiger partial charge in [-0.3, -0.25) is 4.79 Å². The molecule has 8 heteroatoms. The number of nitrogens with one attached hydrogen (secondary N) is 2. The second-order valence-electron chi connectivity index (χ2n) is 6.83. The summed E-state index contributed by atoms with van der Waals surface area (Å²) in [6.45, 7) is 1.50. The van der Waals surface area contributed by atoms with Gasteiger partial charge in [0.05, 0.1) is 12.8 Å². The molecule has 2 aliphatic rings. The van der Waals surface area contributed by atoms with Crippen molar-refractivity contribution >= 4 is 23.3 Å². The van der Waals surface area contributed by atoms with Gasteiger partial charge in [-0.05, 0) is 37.1 Å². The zero-order valence-corrected chi connectivity index (χ0v) is 16.1. The van der Waals surface area contributed by atoms with Crippen molar-refractivity contribution in [1.29, 1.82) is 0 Å². The Kier molecular flexibility index (Phi) is 5.41. The fourth-order valence-electron chi connectivity index (χ4n) is 3.56. The maximum absolute atomic E-state index is 12.8. The zero-order chi connectivity index (χ0) is 20.2. The summed E-state index contributed by atoms with van der Waals surface area (Å²) in [6.07, 6.45) is 1.37. The Bertz CT molecular complexity index is 917. The van der Waals surface area contributed by atoms with Gasteiger partial charge in [0.15, 0.2) is 11.5 Å². The SMILES string of the molecule is COc1ccccc1NC(=O)N1CCC[C@H]1C(=O)Nc1ccc2c(c1)OCCO2. The molecule has 2 aliphatic heterocycles. The number of fused-ring (bicyclic) bond motifs is 1. The van der Waals surface area contributed by atoms with Gasteiger partial charge in [-0.2, -0.15) is 0 Å². The average molecular weight is 397 g/mol. The Hall–Kier alpha value is -3.42. The Morgan fingerprint density at radius 2 is 1.86 bits per heavy atom. The van der Waals surface area contributed by atoms with Crippen molar-refractivity contribution < 1.29 is 23.8 Å². The van der Waals surface area contributed by atoms with Crippen LogP contribution in [-0.4, -0.2) is 49.7 Å². The molecule has 0 aromatic heterocycles. The van der Waals surface area contributed by atoms with Gasteiger partial charge in [-0.1, -0.05) is 12.1 Å². The van der Waals surface area contributed by atoms with Crippen LogP contribution in [0.4, 0.5) is 16.2 Å². The fourth-order valence-corrected chi connectivity index (χ4v) is 3.56. The summed E-state index contributed by atoms with van der Waals surface area (Å²) in [6, 6.07) is 11.6. The number of para-hydroxylation sites is 2. The van der Waals surface area contributed by atoms with E-state index in [1.165, 1.54) is 0 Å². The summed E-state index contributed by atoms with van der Waals surface area (Å²) in [7, 11) is 1.55. The van der Waals surface area contributed by atoms with Gasteiger partial charge < -0.3 is 29.7 Å². The van der Waals surface area contributed by atoms with Crippen molar-refractivity contribution in [2.45, 2.75) is 18.9 Å². The minimum Gasteiger partial charge on any atom is -0.495 e. The van der Waals surface area contributed by atoms with E-state index in [1.807, 2.05) is 12.1 Å². The summed E-state index contributed by atoms with van der Waals surface area (Å²) in [4.78, 5) is 27.2. The van der Waals surface area contributed by atoms with Crippen molar-refractivity contribution in [3.63, 3.8) is 0 Å². The standard InChI is InChI=1S/C21H23N3O5/c1-27-17-7-3-2-5-15(17)23-21(26)24-10-4-6-16(24)20(25)22-14-8-9-18-19(13-14)29-12-11-28-18/h2-3,5,7-9,13,16H,4,6,10-12H2,1H3,(H,22,25)(H,23,26)/t16-/m0/s1. The van der Waals surface area contributed by atoms with E-state index < -0.39 is 6.04 Å². The smallest absolute Gasteiger partial charge is 0.322 e. The summed E-state index contributed by atoms with van der Waals surface area (Å²) in [5.41, 5.74) is 1.18. The first-order chi connectivity index (χ1) is 14.2. The lowest BCUT2D eigenvalue weighted by Crippen LogP contribution is -2.45. The number of rotatable bonds is 4. The number of benzene rings is 2. The molecule has 0 saturated carbocycles. The first-order valence-corrected chi connectivity index (χ1v) is 9.57. The van der Waals surface area contributed by atoms with Crippen molar-refractivity contribution in [3.05, 3.63) is 42.5 Å². The predicted molar refractivity (Wildman–Crippen MR) is 108 cm³/mol. The molecule has 0 aliphatic carbocycles. The van der Waals surface area contributed by atoms with Crippen LogP contribution in [0, 0.1) is 0 Å². The first-order valence-electron chi connectivity index (χ1n) is 9.57. The highest BCUT2D eigenvalue weighted by Crippen LogP contribution is 2.33. The second-order valence-corrected chi connectivity index (χ2v) is 6.83. The lowest BCUT2D eigenvalue weighted by atomic mass is 10.2. The van der Waals surface area contributed by atoms with Gasteiger partial charge in [0.2, 0.25) is 5.91 Å². The number of nitrogens with zero attached hydrogens (tertiary/aromatic N) is 1. The van der Waals surface area contributed by atoms with Crippen LogP contribution in [0.25, 0.3) is 0 Å². The van der Waals surface area contributed by atoms with E-state index in [-0.39, 0.29) is 11.9 Å². The number of carbonyl (C=O) groups is 2. The van der Waals surface area contributed by atoms with Crippen molar-refractivity contribution in [1.82, 2.24) is 4.90 Å². The van der Waals surface area contributed by atoms with Crippen molar-refractivity contribution in [2.24, 2.45) is 0 Å². The van der Waals surface area contributed by atoms with Crippen LogP contribution in [0.1, 0.15) is 12.8 Å². The topological polar surface area (TPSA) is 89.1 Å². The third-order valence-electron chi connectivity index (χ3n) is 4.97. The third kappa shape index (κ3) is 4.06. The normalized spacial score (nSPS) is 17.6. The monoisotopic (exact) mass is 397 g/mol. The quantitative estimate of drug-likeness (QED) is 0.828. The summed E-state index contributed by atoms with van der Waals surface area (Å²) >= 11 is 0. The number of likely N-dealkylation sites (tertiary alicyclic amines) is 1. The summed E-state index contributed by atoms with van der Waals surface area (Å²) < 4.78 is 16.3. The molecule has 8 nitrogen and oxygen atoms in total. The zero-order valence-electron chi connectivity index (χ0n) is 16.1. The van der Waals surface area contributed by atoms with E-state index in [9.17, 15) is 9.59 Å². The number of hydrogen-bond acceptors (Lipinski definition) is 5. The predicted octanol–water partition coefficient (Wildman–Crippen LogP) is 3.10. The van der Waals surface area contributed by atoms with Gasteiger partial charge >= 0.3 is 6.03 Å². The highest BCUT2D eigenvalue weighted by molar-refractivity contribution is 6.00. The minimum atomic E-state index is -0.544. The molecular formula is C21H23N3O5. The first kappa shape index (κ1) is 18.9. The van der Waals surface area contributed by atoms with E-state index in [2.05, 4.69) is 10.6 Å². The minimum absolute atomic E-state index is 0.227. The number of urea groups is 1. The largest absolute Gasteiger partial charge is 0.495 e. The summed E-state index contributed by atoms with van der Waals surface area (Å²) in [5, 5.41) is 5.72. The number of methoxy groups -OCH3 is 1. The molecule has 4 rings (SSSR count). The van der Waals surface area contributed by atoms with Gasteiger partial charge in [0, 0.05) is 18.3 Å². The molecule has 1 atom stereocenters. The molecule has 2 N–H and O–H groups in total. The maximum Gasteiger partial charge on any atom is 0.322 e. The van der Waals surface area contributed by atoms with Crippen molar-refractivity contribution in [3.8, 4) is 17.2 Å². The molecular weight excluding hydrogens is 374 g/mol. The highest BCUT2D eigenvalue weighted by atomic mass is 16.6. The molecule has 0 bridgehead atoms.